The number of nitrogens with zero attached hydrogens (tertiary/aromatic N) is 1. The van der Waals surface area contributed by atoms with Gasteiger partial charge in [0, 0.05) is 11.5 Å². The number of carbonyl (C=O) groups is 3. The van der Waals surface area contributed by atoms with Crippen LogP contribution >= 0.6 is 0 Å². The van der Waals surface area contributed by atoms with Crippen LogP contribution in [0, 0.1) is 11.8 Å². The Morgan fingerprint density at radius 2 is 1.68 bits per heavy atom. The highest BCUT2D eigenvalue weighted by molar-refractivity contribution is 6.24. The first-order valence-corrected chi connectivity index (χ1v) is 12.3. The Hall–Kier alpha value is -4.16. The van der Waals surface area contributed by atoms with Crippen molar-refractivity contribution in [1.82, 2.24) is 4.90 Å². The van der Waals surface area contributed by atoms with E-state index in [4.69, 9.17) is 5.73 Å². The molecule has 0 radical (unpaired) electrons. The topological polar surface area (TPSA) is 161 Å². The number of fused-ring (bicyclic) bond motifs is 3. The number of amides is 1. The monoisotopic (exact) mass is 558 g/mol. The highest BCUT2D eigenvalue weighted by Gasteiger charge is 2.64. The molecule has 0 saturated heterocycles. The number of alkyl halides is 3. The van der Waals surface area contributed by atoms with Crippen LogP contribution in [0.25, 0.3) is 16.9 Å². The van der Waals surface area contributed by atoms with Gasteiger partial charge in [0.2, 0.25) is 5.78 Å². The van der Waals surface area contributed by atoms with Gasteiger partial charge in [-0.15, -0.1) is 0 Å². The lowest BCUT2D eigenvalue weighted by atomic mass is 9.57. The van der Waals surface area contributed by atoms with Crippen molar-refractivity contribution in [2.75, 3.05) is 14.1 Å². The van der Waals surface area contributed by atoms with Gasteiger partial charge in [-0.25, -0.2) is 0 Å². The van der Waals surface area contributed by atoms with Gasteiger partial charge in [0.25, 0.3) is 5.91 Å². The zero-order valence-corrected chi connectivity index (χ0v) is 21.3. The lowest BCUT2D eigenvalue weighted by molar-refractivity contribution is -0.153. The number of aliphatic hydroxyl groups is 3. The number of benzene rings is 2. The molecule has 0 spiro atoms. The summed E-state index contributed by atoms with van der Waals surface area (Å²) in [5, 5.41) is 44.5. The first-order valence-electron chi connectivity index (χ1n) is 12.3. The molecule has 0 aromatic heterocycles. The fraction of sp³-hybridized carbons (Fsp3) is 0.321. The van der Waals surface area contributed by atoms with Crippen LogP contribution in [0.3, 0.4) is 0 Å². The third-order valence-corrected chi connectivity index (χ3v) is 8.13. The van der Waals surface area contributed by atoms with E-state index in [1.807, 2.05) is 0 Å². The summed E-state index contributed by atoms with van der Waals surface area (Å²) in [6, 6.07) is 5.80. The van der Waals surface area contributed by atoms with Crippen LogP contribution in [0.4, 0.5) is 13.2 Å². The number of aliphatic hydroxyl groups excluding tert-OH is 2. The standard InChI is InChI=1S/C28H25F3N2O7/c1-33(2)21-16-10-12-9-15-14(11-3-5-13(6-4-11)28(29,30)31)7-8-17(34)19(15)22(35)18(12)24(37)27(16,40)25(38)20(23(21)36)26(32)39/h3-8,12,16,21,34-35,38,40H,9-10H2,1-2H3,(H2,32,39)/t12?,16?,21-,27-/m0/s1. The molecule has 210 valence electrons. The summed E-state index contributed by atoms with van der Waals surface area (Å²) in [7, 11) is 2.99. The SMILES string of the molecule is CN(C)[C@@H]1C(=O)C(C(N)=O)=C(O)[C@@]2(O)C(=O)C3=C(O)c4c(O)ccc(-c5ccc(C(F)(F)F)cc5)c4CC3CC12. The number of phenols is 1. The second-order valence-corrected chi connectivity index (χ2v) is 10.5. The van der Waals surface area contributed by atoms with E-state index in [1.54, 1.807) is 0 Å². The minimum atomic E-state index is -4.54. The maximum atomic E-state index is 13.9. The van der Waals surface area contributed by atoms with E-state index in [0.29, 0.717) is 16.7 Å². The smallest absolute Gasteiger partial charge is 0.416 e. The van der Waals surface area contributed by atoms with Crippen molar-refractivity contribution in [3.8, 4) is 16.9 Å². The summed E-state index contributed by atoms with van der Waals surface area (Å²) in [4.78, 5) is 40.5. The largest absolute Gasteiger partial charge is 0.508 e. The predicted molar refractivity (Wildman–Crippen MR) is 135 cm³/mol. The highest BCUT2D eigenvalue weighted by Crippen LogP contribution is 2.53. The summed E-state index contributed by atoms with van der Waals surface area (Å²) in [5.41, 5.74) is 1.45. The number of ketones is 2. The Balaban J connectivity index is 1.70. The van der Waals surface area contributed by atoms with Gasteiger partial charge in [0.15, 0.2) is 11.4 Å². The van der Waals surface area contributed by atoms with Gasteiger partial charge >= 0.3 is 6.18 Å². The lowest BCUT2D eigenvalue weighted by Crippen LogP contribution is -2.65. The molecule has 6 N–H and O–H groups in total. The molecule has 2 aromatic rings. The Labute approximate surface area is 225 Å². The molecule has 3 aliphatic carbocycles. The molecule has 0 aliphatic heterocycles. The number of hydrogen-bond donors (Lipinski definition) is 5. The van der Waals surface area contributed by atoms with Crippen molar-refractivity contribution in [3.63, 3.8) is 0 Å². The van der Waals surface area contributed by atoms with Crippen molar-refractivity contribution in [2.24, 2.45) is 17.6 Å². The number of nitrogens with two attached hydrogens (primary N) is 1. The van der Waals surface area contributed by atoms with E-state index >= 15 is 0 Å². The van der Waals surface area contributed by atoms with Crippen LogP contribution in [-0.2, 0) is 27.0 Å². The minimum absolute atomic E-state index is 0.0132. The molecule has 2 unspecified atom stereocenters. The number of Topliss-reactive ketones (excluding diaryl/α,β-unsaturated/α-hetero) is 2. The molecular formula is C28H25F3N2O7. The maximum absolute atomic E-state index is 13.9. The van der Waals surface area contributed by atoms with Crippen LogP contribution in [-0.4, -0.2) is 68.5 Å². The van der Waals surface area contributed by atoms with E-state index in [2.05, 4.69) is 0 Å². The zero-order valence-electron chi connectivity index (χ0n) is 21.3. The molecule has 0 bridgehead atoms. The van der Waals surface area contributed by atoms with Gasteiger partial charge in [-0.05, 0) is 67.7 Å². The number of aromatic hydroxyl groups is 1. The fourth-order valence-electron chi connectivity index (χ4n) is 6.35. The Bertz CT molecular complexity index is 1540. The van der Waals surface area contributed by atoms with Crippen LogP contribution in [0.1, 0.15) is 23.1 Å². The Morgan fingerprint density at radius 1 is 1.05 bits per heavy atom. The van der Waals surface area contributed by atoms with E-state index in [0.717, 1.165) is 12.1 Å². The number of primary amides is 1. The maximum Gasteiger partial charge on any atom is 0.416 e. The second kappa shape index (κ2) is 8.93. The quantitative estimate of drug-likeness (QED) is 0.359. The van der Waals surface area contributed by atoms with Crippen LogP contribution in [0.15, 0.2) is 53.3 Å². The molecule has 2 aromatic carbocycles. The summed E-state index contributed by atoms with van der Waals surface area (Å²) in [5.74, 6) is -7.67. The Kier molecular flexibility index (Phi) is 6.12. The molecule has 1 amide bonds. The number of rotatable bonds is 3. The number of likely N-dealkylation sites (N-methyl/N-ethyl adjacent to an activating group) is 1. The van der Waals surface area contributed by atoms with E-state index in [-0.39, 0.29) is 24.0 Å². The van der Waals surface area contributed by atoms with E-state index < -0.39 is 75.5 Å². The summed E-state index contributed by atoms with van der Waals surface area (Å²) >= 11 is 0. The van der Waals surface area contributed by atoms with Crippen molar-refractivity contribution < 1.29 is 48.0 Å². The van der Waals surface area contributed by atoms with Crippen molar-refractivity contribution >= 4 is 23.2 Å². The molecule has 1 saturated carbocycles. The summed E-state index contributed by atoms with van der Waals surface area (Å²) in [6.45, 7) is 0. The fourth-order valence-corrected chi connectivity index (χ4v) is 6.35. The van der Waals surface area contributed by atoms with Gasteiger partial charge in [0.05, 0.1) is 17.2 Å². The third-order valence-electron chi connectivity index (χ3n) is 8.13. The summed E-state index contributed by atoms with van der Waals surface area (Å²) < 4.78 is 39.3. The molecule has 9 nitrogen and oxygen atoms in total. The molecule has 40 heavy (non-hydrogen) atoms. The van der Waals surface area contributed by atoms with Gasteiger partial charge < -0.3 is 26.2 Å². The lowest BCUT2D eigenvalue weighted by Gasteiger charge is -2.50. The van der Waals surface area contributed by atoms with Crippen LogP contribution in [0.2, 0.25) is 0 Å². The number of phenolic OH excluding ortho intramolecular Hbond substituents is 1. The van der Waals surface area contributed by atoms with Crippen molar-refractivity contribution in [2.45, 2.75) is 30.7 Å². The highest BCUT2D eigenvalue weighted by atomic mass is 19.4. The van der Waals surface area contributed by atoms with Gasteiger partial charge in [0.1, 0.15) is 22.8 Å². The van der Waals surface area contributed by atoms with Crippen molar-refractivity contribution in [1.29, 1.82) is 0 Å². The molecule has 4 atom stereocenters. The van der Waals surface area contributed by atoms with Crippen molar-refractivity contribution in [3.05, 3.63) is 70.0 Å². The van der Waals surface area contributed by atoms with E-state index in [1.165, 1.54) is 43.3 Å². The number of hydrogen-bond acceptors (Lipinski definition) is 8. The second-order valence-electron chi connectivity index (χ2n) is 10.5. The number of halogens is 3. The van der Waals surface area contributed by atoms with Crippen LogP contribution in [0.5, 0.6) is 5.75 Å². The third kappa shape index (κ3) is 3.74. The zero-order chi connectivity index (χ0) is 29.5. The molecule has 12 heteroatoms. The van der Waals surface area contributed by atoms with E-state index in [9.17, 15) is 48.0 Å². The molecule has 0 heterocycles. The minimum Gasteiger partial charge on any atom is -0.508 e. The number of carbonyl (C=O) groups excluding carboxylic acids is 3. The first kappa shape index (κ1) is 27.4. The Morgan fingerprint density at radius 3 is 2.23 bits per heavy atom. The summed E-state index contributed by atoms with van der Waals surface area (Å²) in [6.07, 6.45) is -4.63. The first-order chi connectivity index (χ1) is 18.6. The average molecular weight is 559 g/mol. The molecule has 3 aliphatic rings. The average Bonchev–Trinajstić information content (AvgIpc) is 2.85. The van der Waals surface area contributed by atoms with Gasteiger partial charge in [-0.2, -0.15) is 13.2 Å². The predicted octanol–water partition coefficient (Wildman–Crippen LogP) is 2.65. The normalized spacial score (nSPS) is 26.5. The van der Waals surface area contributed by atoms with Gasteiger partial charge in [-0.1, -0.05) is 18.2 Å². The van der Waals surface area contributed by atoms with Gasteiger partial charge in [-0.3, -0.25) is 19.3 Å². The molecular weight excluding hydrogens is 533 g/mol. The van der Waals surface area contributed by atoms with Crippen LogP contribution < -0.4 is 5.73 Å². The molecule has 5 rings (SSSR count). The molecule has 1 fully saturated rings.